The summed E-state index contributed by atoms with van der Waals surface area (Å²) in [5.41, 5.74) is 5.25. The molecule has 0 spiro atoms. The Morgan fingerprint density at radius 1 is 1.13 bits per heavy atom. The van der Waals surface area contributed by atoms with E-state index >= 15 is 0 Å². The maximum absolute atomic E-state index is 14.0. The van der Waals surface area contributed by atoms with E-state index in [9.17, 15) is 9.18 Å². The van der Waals surface area contributed by atoms with Gasteiger partial charge in [0.05, 0.1) is 22.8 Å². The van der Waals surface area contributed by atoms with Gasteiger partial charge in [0.15, 0.2) is 0 Å². The smallest absolute Gasteiger partial charge is 0.264 e. The van der Waals surface area contributed by atoms with Crippen molar-refractivity contribution in [2.45, 2.75) is 32.6 Å². The predicted molar refractivity (Wildman–Crippen MR) is 120 cm³/mol. The van der Waals surface area contributed by atoms with E-state index in [1.165, 1.54) is 23.3 Å². The molecule has 5 rings (SSSR count). The van der Waals surface area contributed by atoms with Gasteiger partial charge < -0.3 is 0 Å². The Labute approximate surface area is 180 Å². The maximum atomic E-state index is 14.0. The fourth-order valence-electron chi connectivity index (χ4n) is 4.65. The van der Waals surface area contributed by atoms with E-state index in [0.29, 0.717) is 23.1 Å². The average molecular weight is 411 g/mol. The molecule has 154 valence electrons. The molecule has 4 nitrogen and oxygen atoms in total. The number of pyridine rings is 1. The number of rotatable bonds is 2. The molecule has 4 aromatic rings. The number of benzene rings is 2. The van der Waals surface area contributed by atoms with Crippen LogP contribution in [0.15, 0.2) is 53.6 Å². The van der Waals surface area contributed by atoms with Crippen LogP contribution in [0.1, 0.15) is 41.3 Å². The molecule has 5 heteroatoms. The number of aromatic nitrogens is 3. The molecule has 0 bridgehead atoms. The molecule has 0 unspecified atom stereocenters. The average Bonchev–Trinajstić information content (AvgIpc) is 3.19. The van der Waals surface area contributed by atoms with Gasteiger partial charge >= 0.3 is 0 Å². The summed E-state index contributed by atoms with van der Waals surface area (Å²) in [6.07, 6.45) is 7.14. The maximum Gasteiger partial charge on any atom is 0.264 e. The second kappa shape index (κ2) is 7.55. The summed E-state index contributed by atoms with van der Waals surface area (Å²) in [6.45, 7) is 2.05. The summed E-state index contributed by atoms with van der Waals surface area (Å²) in [7, 11) is 1.84. The first-order valence-electron chi connectivity index (χ1n) is 10.6. The molecule has 0 radical (unpaired) electrons. The zero-order valence-corrected chi connectivity index (χ0v) is 17.6. The lowest BCUT2D eigenvalue weighted by Crippen LogP contribution is -2.26. The molecule has 0 atom stereocenters. The molecule has 0 saturated heterocycles. The lowest BCUT2D eigenvalue weighted by atomic mass is 9.85. The third-order valence-electron chi connectivity index (χ3n) is 5.95. The number of nitrogens with zero attached hydrogens (tertiary/aromatic N) is 3. The minimum absolute atomic E-state index is 0.138. The van der Waals surface area contributed by atoms with Crippen molar-refractivity contribution in [3.63, 3.8) is 0 Å². The molecular weight excluding hydrogens is 389 g/mol. The van der Waals surface area contributed by atoms with Gasteiger partial charge in [-0.3, -0.25) is 14.0 Å². The van der Waals surface area contributed by atoms with E-state index in [-0.39, 0.29) is 11.4 Å². The van der Waals surface area contributed by atoms with Crippen molar-refractivity contribution < 1.29 is 4.39 Å². The van der Waals surface area contributed by atoms with Crippen molar-refractivity contribution >= 4 is 10.8 Å². The summed E-state index contributed by atoms with van der Waals surface area (Å²) in [4.78, 5) is 13.9. The third-order valence-corrected chi connectivity index (χ3v) is 5.95. The first-order valence-corrected chi connectivity index (χ1v) is 10.6. The van der Waals surface area contributed by atoms with Gasteiger partial charge in [0.2, 0.25) is 0 Å². The van der Waals surface area contributed by atoms with Crippen LogP contribution in [0.2, 0.25) is 0 Å². The van der Waals surface area contributed by atoms with Gasteiger partial charge in [-0.25, -0.2) is 4.39 Å². The highest BCUT2D eigenvalue weighted by Gasteiger charge is 2.23. The molecule has 1 aliphatic rings. The second-order valence-corrected chi connectivity index (χ2v) is 7.93. The molecule has 0 amide bonds. The summed E-state index contributed by atoms with van der Waals surface area (Å²) in [5.74, 6) is 5.97. The van der Waals surface area contributed by atoms with E-state index in [2.05, 4.69) is 23.0 Å². The minimum atomic E-state index is -0.356. The summed E-state index contributed by atoms with van der Waals surface area (Å²) in [6, 6.07) is 10.3. The van der Waals surface area contributed by atoms with Crippen LogP contribution in [-0.2, 0) is 26.3 Å². The van der Waals surface area contributed by atoms with Gasteiger partial charge in [-0.1, -0.05) is 30.9 Å². The third kappa shape index (κ3) is 3.25. The molecule has 0 fully saturated rings. The zero-order chi connectivity index (χ0) is 21.5. The lowest BCUT2D eigenvalue weighted by Gasteiger charge is -2.24. The largest absolute Gasteiger partial charge is 0.280 e. The van der Waals surface area contributed by atoms with Gasteiger partial charge in [0, 0.05) is 24.5 Å². The molecule has 31 heavy (non-hydrogen) atoms. The standard InChI is InChI=1S/C26H22FN3O/c1-3-23-22-9-4-6-18-12-13-19(11-10-17-15-28-29(2)16-17)25(24(18)22)26(31)30(23)21-8-5-7-20(27)14-21/h5,7-8,12-16H,3-4,6,9H2,1-2H3. The van der Waals surface area contributed by atoms with Gasteiger partial charge in [0.1, 0.15) is 5.82 Å². The molecule has 2 heterocycles. The van der Waals surface area contributed by atoms with Gasteiger partial charge in [-0.05, 0) is 66.5 Å². The molecule has 0 N–H and O–H groups in total. The Balaban J connectivity index is 1.86. The van der Waals surface area contributed by atoms with Gasteiger partial charge in [-0.15, -0.1) is 0 Å². The lowest BCUT2D eigenvalue weighted by molar-refractivity contribution is 0.625. The topological polar surface area (TPSA) is 39.8 Å². The molecule has 2 aromatic heterocycles. The highest BCUT2D eigenvalue weighted by atomic mass is 19.1. The molecular formula is C26H22FN3O. The normalized spacial score (nSPS) is 12.6. The van der Waals surface area contributed by atoms with Gasteiger partial charge in [-0.2, -0.15) is 5.10 Å². The quantitative estimate of drug-likeness (QED) is 0.461. The Hall–Kier alpha value is -3.65. The van der Waals surface area contributed by atoms with Crippen molar-refractivity contribution in [3.05, 3.63) is 92.9 Å². The first kappa shape index (κ1) is 19.3. The Bertz CT molecular complexity index is 1450. The second-order valence-electron chi connectivity index (χ2n) is 7.93. The van der Waals surface area contributed by atoms with Crippen LogP contribution in [-0.4, -0.2) is 14.3 Å². The van der Waals surface area contributed by atoms with Crippen molar-refractivity contribution in [3.8, 4) is 17.5 Å². The van der Waals surface area contributed by atoms with E-state index in [4.69, 9.17) is 0 Å². The van der Waals surface area contributed by atoms with Crippen LogP contribution in [0.4, 0.5) is 4.39 Å². The highest BCUT2D eigenvalue weighted by Crippen LogP contribution is 2.33. The molecule has 0 saturated carbocycles. The van der Waals surface area contributed by atoms with Crippen molar-refractivity contribution in [2.24, 2.45) is 7.05 Å². The van der Waals surface area contributed by atoms with E-state index in [1.807, 2.05) is 26.2 Å². The van der Waals surface area contributed by atoms with E-state index in [0.717, 1.165) is 35.9 Å². The molecule has 1 aliphatic carbocycles. The van der Waals surface area contributed by atoms with Crippen molar-refractivity contribution in [1.82, 2.24) is 14.3 Å². The summed E-state index contributed by atoms with van der Waals surface area (Å²) in [5, 5.41) is 5.83. The van der Waals surface area contributed by atoms with E-state index < -0.39 is 0 Å². The summed E-state index contributed by atoms with van der Waals surface area (Å²) < 4.78 is 17.4. The fraction of sp³-hybridized carbons (Fsp3) is 0.231. The SMILES string of the molecule is CCc1c2c3c(ccc(C#Cc4cnn(C)c4)c3c(=O)n1-c1cccc(F)c1)CCC2. The Morgan fingerprint density at radius 2 is 2.00 bits per heavy atom. The number of aryl methyl sites for hydroxylation is 3. The Kier molecular flexibility index (Phi) is 4.71. The van der Waals surface area contributed by atoms with Crippen molar-refractivity contribution in [2.75, 3.05) is 0 Å². The minimum Gasteiger partial charge on any atom is -0.280 e. The monoisotopic (exact) mass is 411 g/mol. The summed E-state index contributed by atoms with van der Waals surface area (Å²) >= 11 is 0. The number of hydrogen-bond acceptors (Lipinski definition) is 2. The Morgan fingerprint density at radius 3 is 2.74 bits per heavy atom. The number of hydrogen-bond donors (Lipinski definition) is 0. The zero-order valence-electron chi connectivity index (χ0n) is 17.6. The van der Waals surface area contributed by atoms with Crippen LogP contribution in [0.5, 0.6) is 0 Å². The fourth-order valence-corrected chi connectivity index (χ4v) is 4.65. The van der Waals surface area contributed by atoms with Crippen LogP contribution in [0.3, 0.4) is 0 Å². The first-order chi connectivity index (χ1) is 15.1. The number of halogens is 1. The molecule has 2 aromatic carbocycles. The predicted octanol–water partition coefficient (Wildman–Crippen LogP) is 4.31. The van der Waals surface area contributed by atoms with E-state index in [1.54, 1.807) is 27.6 Å². The molecule has 0 aliphatic heterocycles. The van der Waals surface area contributed by atoms with Crippen LogP contribution in [0, 0.1) is 17.7 Å². The highest BCUT2D eigenvalue weighted by molar-refractivity contribution is 5.94. The van der Waals surface area contributed by atoms with Crippen molar-refractivity contribution in [1.29, 1.82) is 0 Å². The van der Waals surface area contributed by atoms with Gasteiger partial charge in [0.25, 0.3) is 5.56 Å². The van der Waals surface area contributed by atoms with Crippen LogP contribution >= 0.6 is 0 Å². The van der Waals surface area contributed by atoms with Crippen LogP contribution < -0.4 is 5.56 Å². The van der Waals surface area contributed by atoms with Crippen LogP contribution in [0.25, 0.3) is 16.5 Å².